The van der Waals surface area contributed by atoms with Gasteiger partial charge in [0.2, 0.25) is 0 Å². The van der Waals surface area contributed by atoms with Gasteiger partial charge in [0.05, 0.1) is 17.1 Å². The van der Waals surface area contributed by atoms with Crippen LogP contribution in [-0.4, -0.2) is 18.2 Å². The number of ether oxygens (including phenoxy) is 1. The molecule has 1 aromatic heterocycles. The smallest absolute Gasteiger partial charge is 0.109 e. The van der Waals surface area contributed by atoms with Gasteiger partial charge in [0.1, 0.15) is 5.01 Å². The van der Waals surface area contributed by atoms with Crippen LogP contribution in [0.15, 0.2) is 0 Å². The second-order valence-electron chi connectivity index (χ2n) is 2.82. The third-order valence-corrected chi connectivity index (χ3v) is 3.97. The van der Waals surface area contributed by atoms with Gasteiger partial charge in [-0.05, 0) is 20.8 Å². The van der Waals surface area contributed by atoms with Crippen molar-refractivity contribution in [3.05, 3.63) is 15.6 Å². The van der Waals surface area contributed by atoms with Crippen molar-refractivity contribution in [2.75, 3.05) is 13.2 Å². The van der Waals surface area contributed by atoms with E-state index in [1.807, 2.05) is 13.8 Å². The van der Waals surface area contributed by atoms with Crippen molar-refractivity contribution >= 4 is 27.3 Å². The van der Waals surface area contributed by atoms with Gasteiger partial charge in [-0.25, -0.2) is 4.98 Å². The molecule has 1 atom stereocenters. The van der Waals surface area contributed by atoms with Gasteiger partial charge in [-0.15, -0.1) is 11.3 Å². The van der Waals surface area contributed by atoms with Crippen LogP contribution in [0.3, 0.4) is 0 Å². The molecular formula is C9H14BrNOS. The Morgan fingerprint density at radius 3 is 2.69 bits per heavy atom. The van der Waals surface area contributed by atoms with E-state index in [9.17, 15) is 0 Å². The lowest BCUT2D eigenvalue weighted by molar-refractivity contribution is 0.150. The predicted molar refractivity (Wildman–Crippen MR) is 59.7 cm³/mol. The van der Waals surface area contributed by atoms with Gasteiger partial charge >= 0.3 is 0 Å². The van der Waals surface area contributed by atoms with Crippen molar-refractivity contribution in [1.29, 1.82) is 0 Å². The van der Waals surface area contributed by atoms with Crippen LogP contribution in [0.25, 0.3) is 0 Å². The fourth-order valence-electron chi connectivity index (χ4n) is 0.924. The summed E-state index contributed by atoms with van der Waals surface area (Å²) >= 11 is 5.29. The first kappa shape index (κ1) is 11.1. The molecule has 1 heterocycles. The Balaban J connectivity index is 2.60. The molecule has 0 aliphatic rings. The maximum absolute atomic E-state index is 5.32. The number of hydrogen-bond acceptors (Lipinski definition) is 3. The van der Waals surface area contributed by atoms with Crippen LogP contribution >= 0.6 is 27.3 Å². The third-order valence-electron chi connectivity index (χ3n) is 1.78. The summed E-state index contributed by atoms with van der Waals surface area (Å²) < 4.78 is 5.32. The molecule has 4 heteroatoms. The quantitative estimate of drug-likeness (QED) is 0.779. The van der Waals surface area contributed by atoms with Gasteiger partial charge in [0.25, 0.3) is 0 Å². The average Bonchev–Trinajstić information content (AvgIpc) is 2.43. The minimum atomic E-state index is 0.241. The van der Waals surface area contributed by atoms with E-state index < -0.39 is 0 Å². The summed E-state index contributed by atoms with van der Waals surface area (Å²) in [5.41, 5.74) is 1.13. The number of aryl methyl sites for hydroxylation is 2. The minimum absolute atomic E-state index is 0.241. The van der Waals surface area contributed by atoms with E-state index in [0.29, 0.717) is 6.61 Å². The zero-order valence-corrected chi connectivity index (χ0v) is 10.5. The van der Waals surface area contributed by atoms with Crippen molar-refractivity contribution in [3.63, 3.8) is 0 Å². The molecule has 0 N–H and O–H groups in total. The number of nitrogens with zero attached hydrogens (tertiary/aromatic N) is 1. The fourth-order valence-corrected chi connectivity index (χ4v) is 2.38. The monoisotopic (exact) mass is 263 g/mol. The van der Waals surface area contributed by atoms with Gasteiger partial charge in [-0.1, -0.05) is 15.9 Å². The third kappa shape index (κ3) is 3.04. The summed E-state index contributed by atoms with van der Waals surface area (Å²) in [6, 6.07) is 0. The van der Waals surface area contributed by atoms with Gasteiger partial charge in [-0.2, -0.15) is 0 Å². The highest BCUT2D eigenvalue weighted by Gasteiger charge is 2.12. The molecule has 0 aromatic carbocycles. The molecule has 74 valence electrons. The fraction of sp³-hybridized carbons (Fsp3) is 0.667. The van der Waals surface area contributed by atoms with Crippen LogP contribution in [-0.2, 0) is 4.74 Å². The van der Waals surface area contributed by atoms with Crippen molar-refractivity contribution in [2.45, 2.75) is 25.6 Å². The summed E-state index contributed by atoms with van der Waals surface area (Å²) in [5, 5.41) is 1.11. The van der Waals surface area contributed by atoms with Crippen LogP contribution in [0.5, 0.6) is 0 Å². The Hall–Kier alpha value is 0.0700. The number of alkyl halides is 1. The number of rotatable bonds is 4. The highest BCUT2D eigenvalue weighted by atomic mass is 79.9. The van der Waals surface area contributed by atoms with Crippen LogP contribution in [0.1, 0.15) is 27.3 Å². The maximum Gasteiger partial charge on any atom is 0.109 e. The molecule has 1 unspecified atom stereocenters. The molecule has 0 bridgehead atoms. The van der Waals surface area contributed by atoms with Gasteiger partial charge in [0, 0.05) is 11.5 Å². The molecule has 13 heavy (non-hydrogen) atoms. The molecule has 0 saturated carbocycles. The minimum Gasteiger partial charge on any atom is -0.380 e. The lowest BCUT2D eigenvalue weighted by Crippen LogP contribution is -2.00. The average molecular weight is 264 g/mol. The summed E-state index contributed by atoms with van der Waals surface area (Å²) in [7, 11) is 0. The summed E-state index contributed by atoms with van der Waals surface area (Å²) in [6.07, 6.45) is 0. The summed E-state index contributed by atoms with van der Waals surface area (Å²) in [4.78, 5) is 5.98. The summed E-state index contributed by atoms with van der Waals surface area (Å²) in [6.45, 7) is 7.58. The van der Waals surface area contributed by atoms with E-state index in [2.05, 4.69) is 27.8 Å². The molecule has 1 rings (SSSR count). The number of thiazole rings is 1. The largest absolute Gasteiger partial charge is 0.380 e. The van der Waals surface area contributed by atoms with Crippen molar-refractivity contribution in [1.82, 2.24) is 4.98 Å². The zero-order chi connectivity index (χ0) is 9.84. The van der Waals surface area contributed by atoms with E-state index in [0.717, 1.165) is 17.3 Å². The van der Waals surface area contributed by atoms with Crippen LogP contribution in [0, 0.1) is 13.8 Å². The number of aromatic nitrogens is 1. The Bertz CT molecular complexity index is 255. The molecule has 0 amide bonds. The Morgan fingerprint density at radius 2 is 2.23 bits per heavy atom. The maximum atomic E-state index is 5.32. The molecule has 1 aromatic rings. The molecule has 0 fully saturated rings. The van der Waals surface area contributed by atoms with E-state index in [1.165, 1.54) is 4.88 Å². The molecule has 0 spiro atoms. The SMILES string of the molecule is CCOCC(Br)c1nc(C)c(C)s1. The van der Waals surface area contributed by atoms with Crippen LogP contribution in [0.4, 0.5) is 0 Å². The van der Waals surface area contributed by atoms with Crippen LogP contribution < -0.4 is 0 Å². The lowest BCUT2D eigenvalue weighted by Gasteiger charge is -2.05. The molecular weight excluding hydrogens is 250 g/mol. The van der Waals surface area contributed by atoms with Crippen molar-refractivity contribution < 1.29 is 4.74 Å². The molecule has 0 saturated heterocycles. The Morgan fingerprint density at radius 1 is 1.54 bits per heavy atom. The standard InChI is InChI=1S/C9H14BrNOS/c1-4-12-5-8(10)9-11-6(2)7(3)13-9/h8H,4-5H2,1-3H3. The van der Waals surface area contributed by atoms with E-state index in [4.69, 9.17) is 4.74 Å². The zero-order valence-electron chi connectivity index (χ0n) is 8.13. The second-order valence-corrected chi connectivity index (χ2v) is 5.16. The highest BCUT2D eigenvalue weighted by Crippen LogP contribution is 2.28. The van der Waals surface area contributed by atoms with Crippen molar-refractivity contribution in [2.24, 2.45) is 0 Å². The summed E-state index contributed by atoms with van der Waals surface area (Å²) in [5.74, 6) is 0. The first-order chi connectivity index (χ1) is 6.15. The topological polar surface area (TPSA) is 22.1 Å². The molecule has 0 aliphatic carbocycles. The van der Waals surface area contributed by atoms with Crippen molar-refractivity contribution in [3.8, 4) is 0 Å². The normalized spacial score (nSPS) is 13.2. The predicted octanol–water partition coefficient (Wildman–Crippen LogP) is 3.23. The van der Waals surface area contributed by atoms with E-state index in [1.54, 1.807) is 11.3 Å². The highest BCUT2D eigenvalue weighted by molar-refractivity contribution is 9.09. The van der Waals surface area contributed by atoms with E-state index in [-0.39, 0.29) is 4.83 Å². The van der Waals surface area contributed by atoms with Gasteiger partial charge < -0.3 is 4.74 Å². The first-order valence-corrected chi connectivity index (χ1v) is 6.04. The molecule has 0 aliphatic heterocycles. The second kappa shape index (κ2) is 5.08. The number of hydrogen-bond donors (Lipinski definition) is 0. The van der Waals surface area contributed by atoms with E-state index >= 15 is 0 Å². The lowest BCUT2D eigenvalue weighted by atomic mass is 10.4. The van der Waals surface area contributed by atoms with Gasteiger partial charge in [-0.3, -0.25) is 0 Å². The Kier molecular flexibility index (Phi) is 4.35. The molecule has 2 nitrogen and oxygen atoms in total. The van der Waals surface area contributed by atoms with Crippen LogP contribution in [0.2, 0.25) is 0 Å². The number of halogens is 1. The molecule has 0 radical (unpaired) electrons. The first-order valence-electron chi connectivity index (χ1n) is 4.31. The van der Waals surface area contributed by atoms with Gasteiger partial charge in [0.15, 0.2) is 0 Å². The Labute approximate surface area is 91.5 Å².